The van der Waals surface area contributed by atoms with E-state index in [1.807, 2.05) is 4.90 Å². The molecule has 2 aliphatic rings. The lowest BCUT2D eigenvalue weighted by Gasteiger charge is -2.43. The molecule has 0 saturated carbocycles. The highest BCUT2D eigenvalue weighted by Crippen LogP contribution is 2.44. The van der Waals surface area contributed by atoms with Gasteiger partial charge in [0.1, 0.15) is 5.60 Å². The zero-order valence-electron chi connectivity index (χ0n) is 12.6. The van der Waals surface area contributed by atoms with Crippen molar-refractivity contribution < 1.29 is 9.53 Å². The van der Waals surface area contributed by atoms with Gasteiger partial charge in [-0.25, -0.2) is 0 Å². The molecule has 0 atom stereocenters. The largest absolute Gasteiger partial charge is 0.369 e. The summed E-state index contributed by atoms with van der Waals surface area (Å²) in [4.78, 5) is 19.8. The quantitative estimate of drug-likeness (QED) is 0.792. The summed E-state index contributed by atoms with van der Waals surface area (Å²) in [5, 5.41) is 2.56. The third-order valence-corrected chi connectivity index (χ3v) is 6.21. The maximum atomic E-state index is 12.7. The molecule has 0 N–H and O–H groups in total. The molecule has 1 fully saturated rings. The average molecular weight is 349 g/mol. The number of thiophene rings is 1. The molecule has 1 spiro atoms. The van der Waals surface area contributed by atoms with Crippen molar-refractivity contribution in [2.24, 2.45) is 0 Å². The third kappa shape index (κ3) is 2.57. The number of hydrogen-bond acceptors (Lipinski definition) is 4. The van der Waals surface area contributed by atoms with Gasteiger partial charge in [-0.1, -0.05) is 11.6 Å². The van der Waals surface area contributed by atoms with Gasteiger partial charge in [0.15, 0.2) is 0 Å². The first-order valence-corrected chi connectivity index (χ1v) is 9.05. The number of amides is 1. The van der Waals surface area contributed by atoms with Crippen LogP contribution >= 0.6 is 22.9 Å². The predicted molar refractivity (Wildman–Crippen MR) is 90.0 cm³/mol. The van der Waals surface area contributed by atoms with Crippen LogP contribution in [0, 0.1) is 0 Å². The zero-order valence-corrected chi connectivity index (χ0v) is 14.2. The molecule has 0 unspecified atom stereocenters. The lowest BCUT2D eigenvalue weighted by Crippen LogP contribution is -2.47. The second-order valence-electron chi connectivity index (χ2n) is 6.02. The molecule has 1 amide bonds. The van der Waals surface area contributed by atoms with Crippen LogP contribution < -0.4 is 0 Å². The predicted octanol–water partition coefficient (Wildman–Crippen LogP) is 3.50. The minimum absolute atomic E-state index is 0.0190. The van der Waals surface area contributed by atoms with Gasteiger partial charge in [0, 0.05) is 30.4 Å². The summed E-state index contributed by atoms with van der Waals surface area (Å²) in [5.41, 5.74) is 1.75. The standard InChI is InChI=1S/C17H17ClN2O2S/c18-14-11-19-6-1-13(14)16(21)20-7-4-17(5-8-20)15-12(2-9-22-17)3-10-23-15/h1,3,6,10-11H,2,4-5,7-9H2. The lowest BCUT2D eigenvalue weighted by atomic mass is 9.85. The Balaban J connectivity index is 1.52. The van der Waals surface area contributed by atoms with Crippen LogP contribution in [-0.2, 0) is 16.8 Å². The Labute approximate surface area is 144 Å². The number of likely N-dealkylation sites (tertiary alicyclic amines) is 1. The van der Waals surface area contributed by atoms with Gasteiger partial charge >= 0.3 is 0 Å². The summed E-state index contributed by atoms with van der Waals surface area (Å²) < 4.78 is 6.19. The van der Waals surface area contributed by atoms with Crippen molar-refractivity contribution in [3.05, 3.63) is 50.9 Å². The van der Waals surface area contributed by atoms with E-state index in [1.54, 1.807) is 23.6 Å². The summed E-state index contributed by atoms with van der Waals surface area (Å²) in [7, 11) is 0. The summed E-state index contributed by atoms with van der Waals surface area (Å²) in [5.74, 6) is -0.0190. The van der Waals surface area contributed by atoms with E-state index >= 15 is 0 Å². The molecular formula is C17H17ClN2O2S. The van der Waals surface area contributed by atoms with Gasteiger partial charge in [-0.3, -0.25) is 9.78 Å². The second-order valence-corrected chi connectivity index (χ2v) is 7.34. The van der Waals surface area contributed by atoms with Crippen molar-refractivity contribution in [3.63, 3.8) is 0 Å². The molecule has 2 aromatic heterocycles. The van der Waals surface area contributed by atoms with E-state index in [2.05, 4.69) is 16.4 Å². The number of halogens is 1. The number of ether oxygens (including phenoxy) is 1. The molecule has 4 heterocycles. The molecule has 1 saturated heterocycles. The monoisotopic (exact) mass is 348 g/mol. The van der Waals surface area contributed by atoms with Crippen molar-refractivity contribution in [1.82, 2.24) is 9.88 Å². The van der Waals surface area contributed by atoms with E-state index in [9.17, 15) is 4.79 Å². The van der Waals surface area contributed by atoms with Crippen molar-refractivity contribution >= 4 is 28.8 Å². The van der Waals surface area contributed by atoms with Crippen LogP contribution in [-0.4, -0.2) is 35.5 Å². The van der Waals surface area contributed by atoms with Crippen LogP contribution in [0.1, 0.15) is 33.6 Å². The average Bonchev–Trinajstić information content (AvgIpc) is 3.06. The number of aromatic nitrogens is 1. The first-order valence-electron chi connectivity index (χ1n) is 7.79. The first kappa shape index (κ1) is 15.1. The minimum atomic E-state index is -0.194. The SMILES string of the molecule is O=C(c1ccncc1Cl)N1CCC2(CC1)OCCc1ccsc12. The lowest BCUT2D eigenvalue weighted by molar-refractivity contribution is -0.0906. The fourth-order valence-corrected chi connectivity index (χ4v) is 4.88. The maximum Gasteiger partial charge on any atom is 0.255 e. The smallest absolute Gasteiger partial charge is 0.255 e. The van der Waals surface area contributed by atoms with Crippen molar-refractivity contribution in [3.8, 4) is 0 Å². The summed E-state index contributed by atoms with van der Waals surface area (Å²) in [6.45, 7) is 2.15. The Bertz CT molecular complexity index is 738. The van der Waals surface area contributed by atoms with E-state index in [0.29, 0.717) is 23.7 Å². The minimum Gasteiger partial charge on any atom is -0.369 e. The number of carbonyl (C=O) groups excluding carboxylic acids is 1. The number of pyridine rings is 1. The molecule has 120 valence electrons. The molecule has 2 aliphatic heterocycles. The Morgan fingerprint density at radius 3 is 2.96 bits per heavy atom. The van der Waals surface area contributed by atoms with Crippen LogP contribution in [0.2, 0.25) is 5.02 Å². The van der Waals surface area contributed by atoms with Gasteiger partial charge in [0.05, 0.1) is 17.2 Å². The van der Waals surface area contributed by atoms with Gasteiger partial charge in [-0.15, -0.1) is 11.3 Å². The molecule has 4 rings (SSSR count). The highest BCUT2D eigenvalue weighted by atomic mass is 35.5. The molecule has 0 radical (unpaired) electrons. The van der Waals surface area contributed by atoms with Gasteiger partial charge < -0.3 is 9.64 Å². The number of fused-ring (bicyclic) bond motifs is 2. The Morgan fingerprint density at radius 1 is 1.35 bits per heavy atom. The molecule has 4 nitrogen and oxygen atoms in total. The number of nitrogens with zero attached hydrogens (tertiary/aromatic N) is 2. The van der Waals surface area contributed by atoms with E-state index in [4.69, 9.17) is 16.3 Å². The highest BCUT2D eigenvalue weighted by Gasteiger charge is 2.42. The fraction of sp³-hybridized carbons (Fsp3) is 0.412. The number of piperidine rings is 1. The molecule has 0 bridgehead atoms. The Kier molecular flexibility index (Phi) is 3.87. The van der Waals surface area contributed by atoms with Crippen LogP contribution in [0.25, 0.3) is 0 Å². The molecule has 2 aromatic rings. The third-order valence-electron chi connectivity index (χ3n) is 4.77. The highest BCUT2D eigenvalue weighted by molar-refractivity contribution is 7.10. The van der Waals surface area contributed by atoms with Crippen LogP contribution in [0.15, 0.2) is 29.9 Å². The van der Waals surface area contributed by atoms with Gasteiger partial charge in [-0.2, -0.15) is 0 Å². The summed E-state index contributed by atoms with van der Waals surface area (Å²) >= 11 is 7.88. The molecular weight excluding hydrogens is 332 g/mol. The number of rotatable bonds is 1. The summed E-state index contributed by atoms with van der Waals surface area (Å²) in [6, 6.07) is 3.89. The van der Waals surface area contributed by atoms with Gasteiger partial charge in [-0.05, 0) is 42.3 Å². The summed E-state index contributed by atoms with van der Waals surface area (Å²) in [6.07, 6.45) is 5.80. The maximum absolute atomic E-state index is 12.7. The van der Waals surface area contributed by atoms with Gasteiger partial charge in [0.2, 0.25) is 0 Å². The van der Waals surface area contributed by atoms with Crippen molar-refractivity contribution in [1.29, 1.82) is 0 Å². The van der Waals surface area contributed by atoms with E-state index in [-0.39, 0.29) is 11.5 Å². The van der Waals surface area contributed by atoms with E-state index in [1.165, 1.54) is 16.6 Å². The van der Waals surface area contributed by atoms with Crippen LogP contribution in [0.5, 0.6) is 0 Å². The van der Waals surface area contributed by atoms with Crippen molar-refractivity contribution in [2.75, 3.05) is 19.7 Å². The normalized spacial score (nSPS) is 19.6. The molecule has 0 aromatic carbocycles. The van der Waals surface area contributed by atoms with Gasteiger partial charge in [0.25, 0.3) is 5.91 Å². The van der Waals surface area contributed by atoms with E-state index in [0.717, 1.165) is 25.9 Å². The fourth-order valence-electron chi connectivity index (χ4n) is 3.52. The van der Waals surface area contributed by atoms with Crippen LogP contribution in [0.4, 0.5) is 0 Å². The molecule has 6 heteroatoms. The molecule has 23 heavy (non-hydrogen) atoms. The second kappa shape index (κ2) is 5.89. The first-order chi connectivity index (χ1) is 11.2. The zero-order chi connectivity index (χ0) is 15.9. The van der Waals surface area contributed by atoms with Crippen molar-refractivity contribution in [2.45, 2.75) is 24.9 Å². The Hall–Kier alpha value is -1.43. The van der Waals surface area contributed by atoms with E-state index < -0.39 is 0 Å². The number of hydrogen-bond donors (Lipinski definition) is 0. The Morgan fingerprint density at radius 2 is 2.17 bits per heavy atom. The topological polar surface area (TPSA) is 42.4 Å². The molecule has 0 aliphatic carbocycles. The van der Waals surface area contributed by atoms with Crippen LogP contribution in [0.3, 0.4) is 0 Å². The number of carbonyl (C=O) groups is 1.